The highest BCUT2D eigenvalue weighted by Gasteiger charge is 2.23. The van der Waals surface area contributed by atoms with Crippen molar-refractivity contribution in [3.05, 3.63) is 26.7 Å². The Morgan fingerprint density at radius 2 is 1.86 bits per heavy atom. The van der Waals surface area contributed by atoms with E-state index >= 15 is 0 Å². The van der Waals surface area contributed by atoms with Gasteiger partial charge < -0.3 is 10.3 Å². The maximum Gasteiger partial charge on any atom is 0.332 e. The molecule has 0 aliphatic heterocycles. The molecular formula is C15H25N5O2. The Morgan fingerprint density at radius 1 is 1.23 bits per heavy atom. The monoisotopic (exact) mass is 307 g/mol. The second-order valence-electron chi connectivity index (χ2n) is 6.01. The molecule has 22 heavy (non-hydrogen) atoms. The van der Waals surface area contributed by atoms with Crippen molar-refractivity contribution < 1.29 is 0 Å². The summed E-state index contributed by atoms with van der Waals surface area (Å²) in [6.45, 7) is 8.93. The van der Waals surface area contributed by atoms with Crippen molar-refractivity contribution in [2.24, 2.45) is 12.8 Å². The Hall–Kier alpha value is -1.89. The second kappa shape index (κ2) is 6.08. The van der Waals surface area contributed by atoms with E-state index in [1.165, 1.54) is 7.05 Å². The molecule has 1 unspecified atom stereocenters. The number of nitrogens with two attached hydrogens (primary N) is 1. The number of fused-ring (bicyclic) bond motifs is 1. The summed E-state index contributed by atoms with van der Waals surface area (Å²) in [4.78, 5) is 29.7. The fraction of sp³-hybridized carbons (Fsp3) is 0.667. The smallest absolute Gasteiger partial charge is 0.329 e. The summed E-state index contributed by atoms with van der Waals surface area (Å²) in [6, 6.07) is -0.0250. The van der Waals surface area contributed by atoms with Crippen molar-refractivity contribution in [2.75, 3.05) is 6.54 Å². The van der Waals surface area contributed by atoms with Crippen molar-refractivity contribution in [1.29, 1.82) is 0 Å². The SMILES string of the molecule is CCC(C)n1c(=O)n(C)c(=O)c2c1nc(C(C)C)n2CCN. The standard InChI is InChI=1S/C15H25N5O2/c1-6-10(4)20-13-11(14(21)18(5)15(20)22)19(8-7-16)12(17-13)9(2)3/h9-10H,6-8,16H2,1-5H3. The van der Waals surface area contributed by atoms with Gasteiger partial charge in [0.05, 0.1) is 0 Å². The molecule has 2 aromatic rings. The second-order valence-corrected chi connectivity index (χ2v) is 6.01. The molecule has 2 aromatic heterocycles. The molecule has 7 heteroatoms. The molecule has 0 saturated carbocycles. The van der Waals surface area contributed by atoms with Crippen LogP contribution in [-0.4, -0.2) is 25.2 Å². The molecule has 0 amide bonds. The number of nitrogens with zero attached hydrogens (tertiary/aromatic N) is 4. The first-order valence-electron chi connectivity index (χ1n) is 7.76. The molecule has 0 fully saturated rings. The van der Waals surface area contributed by atoms with E-state index in [2.05, 4.69) is 4.98 Å². The van der Waals surface area contributed by atoms with E-state index in [-0.39, 0.29) is 23.2 Å². The van der Waals surface area contributed by atoms with Gasteiger partial charge in [-0.05, 0) is 13.3 Å². The van der Waals surface area contributed by atoms with Crippen LogP contribution in [0.4, 0.5) is 0 Å². The number of hydrogen-bond acceptors (Lipinski definition) is 4. The molecule has 2 rings (SSSR count). The van der Waals surface area contributed by atoms with Crippen LogP contribution in [0.15, 0.2) is 9.59 Å². The van der Waals surface area contributed by atoms with Gasteiger partial charge in [0.15, 0.2) is 11.2 Å². The maximum atomic E-state index is 12.6. The molecule has 0 saturated heterocycles. The van der Waals surface area contributed by atoms with Crippen LogP contribution in [-0.2, 0) is 13.6 Å². The van der Waals surface area contributed by atoms with Gasteiger partial charge in [-0.1, -0.05) is 20.8 Å². The molecule has 1 atom stereocenters. The van der Waals surface area contributed by atoms with Crippen LogP contribution in [0.2, 0.25) is 0 Å². The number of rotatable bonds is 5. The van der Waals surface area contributed by atoms with E-state index < -0.39 is 0 Å². The normalized spacial score (nSPS) is 13.2. The third kappa shape index (κ3) is 2.39. The number of hydrogen-bond donors (Lipinski definition) is 1. The predicted molar refractivity (Wildman–Crippen MR) is 87.4 cm³/mol. The molecular weight excluding hydrogens is 282 g/mol. The summed E-state index contributed by atoms with van der Waals surface area (Å²) in [5.74, 6) is 0.935. The highest BCUT2D eigenvalue weighted by Crippen LogP contribution is 2.21. The first-order chi connectivity index (χ1) is 10.3. The first kappa shape index (κ1) is 16.5. The van der Waals surface area contributed by atoms with Gasteiger partial charge in [0.25, 0.3) is 5.56 Å². The lowest BCUT2D eigenvalue weighted by molar-refractivity contribution is 0.499. The average molecular weight is 307 g/mol. The Labute approximate surface area is 129 Å². The van der Waals surface area contributed by atoms with Crippen LogP contribution >= 0.6 is 0 Å². The van der Waals surface area contributed by atoms with E-state index in [1.807, 2.05) is 32.3 Å². The van der Waals surface area contributed by atoms with Crippen molar-refractivity contribution in [3.8, 4) is 0 Å². The quantitative estimate of drug-likeness (QED) is 0.891. The van der Waals surface area contributed by atoms with Gasteiger partial charge in [-0.3, -0.25) is 13.9 Å². The van der Waals surface area contributed by atoms with Gasteiger partial charge in [0.2, 0.25) is 0 Å². The predicted octanol–water partition coefficient (Wildman–Crippen LogP) is 0.950. The summed E-state index contributed by atoms with van der Waals surface area (Å²) in [6.07, 6.45) is 0.786. The molecule has 2 heterocycles. The van der Waals surface area contributed by atoms with Gasteiger partial charge >= 0.3 is 5.69 Å². The summed E-state index contributed by atoms with van der Waals surface area (Å²) >= 11 is 0. The van der Waals surface area contributed by atoms with Gasteiger partial charge in [-0.25, -0.2) is 9.78 Å². The Bertz CT molecular complexity index is 797. The zero-order valence-corrected chi connectivity index (χ0v) is 14.0. The Kier molecular flexibility index (Phi) is 4.55. The number of imidazole rings is 1. The Balaban J connectivity index is 3.02. The fourth-order valence-corrected chi connectivity index (χ4v) is 2.71. The zero-order chi connectivity index (χ0) is 16.6. The van der Waals surface area contributed by atoms with Crippen molar-refractivity contribution in [2.45, 2.75) is 52.6 Å². The van der Waals surface area contributed by atoms with Crippen LogP contribution in [0.3, 0.4) is 0 Å². The molecule has 0 spiro atoms. The van der Waals surface area contributed by atoms with Gasteiger partial charge in [-0.2, -0.15) is 0 Å². The van der Waals surface area contributed by atoms with Crippen LogP contribution in [0.5, 0.6) is 0 Å². The molecule has 0 aliphatic carbocycles. The van der Waals surface area contributed by atoms with Gasteiger partial charge in [0, 0.05) is 32.1 Å². The molecule has 0 radical (unpaired) electrons. The summed E-state index contributed by atoms with van der Waals surface area (Å²) in [5, 5.41) is 0. The minimum Gasteiger partial charge on any atom is -0.329 e. The topological polar surface area (TPSA) is 87.8 Å². The zero-order valence-electron chi connectivity index (χ0n) is 14.0. The largest absolute Gasteiger partial charge is 0.332 e. The van der Waals surface area contributed by atoms with Crippen LogP contribution in [0.25, 0.3) is 11.2 Å². The highest BCUT2D eigenvalue weighted by molar-refractivity contribution is 5.71. The highest BCUT2D eigenvalue weighted by atomic mass is 16.2. The van der Waals surface area contributed by atoms with Crippen LogP contribution < -0.4 is 17.0 Å². The maximum absolute atomic E-state index is 12.6. The Morgan fingerprint density at radius 3 is 2.36 bits per heavy atom. The molecule has 7 nitrogen and oxygen atoms in total. The summed E-state index contributed by atoms with van der Waals surface area (Å²) in [7, 11) is 1.51. The molecule has 122 valence electrons. The lowest BCUT2D eigenvalue weighted by Gasteiger charge is -2.15. The van der Waals surface area contributed by atoms with E-state index in [4.69, 9.17) is 5.73 Å². The van der Waals surface area contributed by atoms with Gasteiger partial charge in [0.1, 0.15) is 5.82 Å². The summed E-state index contributed by atoms with van der Waals surface area (Å²) in [5.41, 5.74) is 6.00. The number of aromatic nitrogens is 4. The van der Waals surface area contributed by atoms with Crippen LogP contribution in [0.1, 0.15) is 51.9 Å². The fourth-order valence-electron chi connectivity index (χ4n) is 2.71. The van der Waals surface area contributed by atoms with Crippen molar-refractivity contribution in [3.63, 3.8) is 0 Å². The summed E-state index contributed by atoms with van der Waals surface area (Å²) < 4.78 is 4.64. The molecule has 0 bridgehead atoms. The molecule has 0 aliphatic rings. The minimum atomic E-state index is -0.320. The lowest BCUT2D eigenvalue weighted by Crippen LogP contribution is -2.40. The lowest BCUT2D eigenvalue weighted by atomic mass is 10.2. The van der Waals surface area contributed by atoms with E-state index in [0.717, 1.165) is 16.8 Å². The molecule has 2 N–H and O–H groups in total. The van der Waals surface area contributed by atoms with E-state index in [1.54, 1.807) is 4.57 Å². The van der Waals surface area contributed by atoms with Crippen molar-refractivity contribution in [1.82, 2.24) is 18.7 Å². The third-order valence-electron chi connectivity index (χ3n) is 4.11. The third-order valence-corrected chi connectivity index (χ3v) is 4.11. The molecule has 0 aromatic carbocycles. The van der Waals surface area contributed by atoms with Crippen molar-refractivity contribution >= 4 is 11.2 Å². The van der Waals surface area contributed by atoms with Crippen LogP contribution in [0, 0.1) is 0 Å². The van der Waals surface area contributed by atoms with E-state index in [0.29, 0.717) is 24.3 Å². The average Bonchev–Trinajstić information content (AvgIpc) is 2.84. The van der Waals surface area contributed by atoms with Gasteiger partial charge in [-0.15, -0.1) is 0 Å². The minimum absolute atomic E-state index is 0.0250. The van der Waals surface area contributed by atoms with E-state index in [9.17, 15) is 9.59 Å². The first-order valence-corrected chi connectivity index (χ1v) is 7.76.